The van der Waals surface area contributed by atoms with Crippen LogP contribution in [0.25, 0.3) is 0 Å². The van der Waals surface area contributed by atoms with Crippen LogP contribution in [0.1, 0.15) is 32.6 Å². The molecule has 1 N–H and O–H groups in total. The van der Waals surface area contributed by atoms with Crippen LogP contribution < -0.4 is 5.32 Å². The van der Waals surface area contributed by atoms with Gasteiger partial charge >= 0.3 is 5.97 Å². The molecule has 0 bridgehead atoms. The van der Waals surface area contributed by atoms with Crippen molar-refractivity contribution in [1.82, 2.24) is 5.32 Å². The summed E-state index contributed by atoms with van der Waals surface area (Å²) >= 11 is 0. The Morgan fingerprint density at radius 1 is 1.47 bits per heavy atom. The van der Waals surface area contributed by atoms with Gasteiger partial charge in [0.25, 0.3) is 0 Å². The summed E-state index contributed by atoms with van der Waals surface area (Å²) in [6.07, 6.45) is 3.44. The van der Waals surface area contributed by atoms with Gasteiger partial charge < -0.3 is 14.8 Å². The number of methoxy groups -OCH3 is 1. The predicted octanol–water partition coefficient (Wildman–Crippen LogP) is 1.10. The van der Waals surface area contributed by atoms with Crippen molar-refractivity contribution in [1.29, 1.82) is 0 Å². The number of ether oxygens (including phenoxy) is 2. The van der Waals surface area contributed by atoms with E-state index >= 15 is 0 Å². The van der Waals surface area contributed by atoms with Crippen molar-refractivity contribution in [2.45, 2.75) is 38.1 Å². The Labute approximate surface area is 91.3 Å². The lowest BCUT2D eigenvalue weighted by Crippen LogP contribution is -2.53. The average Bonchev–Trinajstić information content (AvgIpc) is 2.51. The highest BCUT2D eigenvalue weighted by molar-refractivity contribution is 5.80. The first-order valence-corrected chi connectivity index (χ1v) is 5.66. The van der Waals surface area contributed by atoms with Gasteiger partial charge in [-0.25, -0.2) is 0 Å². The predicted molar refractivity (Wildman–Crippen MR) is 57.7 cm³/mol. The number of nitrogens with one attached hydrogen (secondary N) is 1. The maximum atomic E-state index is 11.8. The maximum Gasteiger partial charge on any atom is 0.326 e. The van der Waals surface area contributed by atoms with Crippen LogP contribution in [-0.4, -0.2) is 38.4 Å². The lowest BCUT2D eigenvalue weighted by atomic mass is 9.90. The number of esters is 1. The zero-order valence-electron chi connectivity index (χ0n) is 9.67. The van der Waals surface area contributed by atoms with Gasteiger partial charge in [-0.2, -0.15) is 0 Å². The Bertz CT molecular complexity index is 198. The summed E-state index contributed by atoms with van der Waals surface area (Å²) in [4.78, 5) is 11.8. The Hall–Kier alpha value is -0.610. The van der Waals surface area contributed by atoms with E-state index in [0.29, 0.717) is 13.0 Å². The molecule has 1 unspecified atom stereocenters. The Kier molecular flexibility index (Phi) is 5.05. The fourth-order valence-electron chi connectivity index (χ4n) is 1.96. The third kappa shape index (κ3) is 3.18. The van der Waals surface area contributed by atoms with Gasteiger partial charge in [-0.05, 0) is 32.2 Å². The molecule has 0 aromatic rings. The second kappa shape index (κ2) is 6.08. The summed E-state index contributed by atoms with van der Waals surface area (Å²) in [7, 11) is 1.45. The molecule has 1 fully saturated rings. The third-order valence-electron chi connectivity index (χ3n) is 2.85. The van der Waals surface area contributed by atoms with Crippen molar-refractivity contribution in [2.75, 3.05) is 26.9 Å². The quantitative estimate of drug-likeness (QED) is 0.713. The highest BCUT2D eigenvalue weighted by atomic mass is 16.5. The van der Waals surface area contributed by atoms with Crippen LogP contribution in [0, 0.1) is 0 Å². The molecule has 4 nitrogen and oxygen atoms in total. The van der Waals surface area contributed by atoms with Crippen molar-refractivity contribution in [2.24, 2.45) is 0 Å². The minimum Gasteiger partial charge on any atom is -0.468 e. The summed E-state index contributed by atoms with van der Waals surface area (Å²) in [5.41, 5.74) is -0.513. The molecule has 1 aliphatic heterocycles. The molecule has 0 aromatic carbocycles. The van der Waals surface area contributed by atoms with E-state index in [-0.39, 0.29) is 5.97 Å². The van der Waals surface area contributed by atoms with Crippen LogP contribution in [0.3, 0.4) is 0 Å². The first-order chi connectivity index (χ1) is 7.25. The van der Waals surface area contributed by atoms with Crippen LogP contribution in [0.2, 0.25) is 0 Å². The number of carbonyl (C=O) groups excluding carboxylic acids is 1. The number of hydrogen-bond acceptors (Lipinski definition) is 4. The van der Waals surface area contributed by atoms with E-state index in [1.54, 1.807) is 0 Å². The van der Waals surface area contributed by atoms with Gasteiger partial charge in [0.05, 0.1) is 7.11 Å². The van der Waals surface area contributed by atoms with Crippen LogP contribution in [0.5, 0.6) is 0 Å². The summed E-state index contributed by atoms with van der Waals surface area (Å²) in [5, 5.41) is 3.32. The van der Waals surface area contributed by atoms with E-state index in [2.05, 4.69) is 12.2 Å². The highest BCUT2D eigenvalue weighted by Crippen LogP contribution is 2.22. The lowest BCUT2D eigenvalue weighted by Gasteiger charge is -2.30. The number of rotatable bonds is 4. The molecular formula is C11H21NO3. The largest absolute Gasteiger partial charge is 0.468 e. The second-order valence-electron chi connectivity index (χ2n) is 3.97. The van der Waals surface area contributed by atoms with Gasteiger partial charge in [-0.1, -0.05) is 6.92 Å². The van der Waals surface area contributed by atoms with Crippen molar-refractivity contribution in [3.05, 3.63) is 0 Å². The van der Waals surface area contributed by atoms with Gasteiger partial charge in [-0.3, -0.25) is 4.79 Å². The fraction of sp³-hybridized carbons (Fsp3) is 0.909. The molecule has 1 heterocycles. The van der Waals surface area contributed by atoms with Crippen molar-refractivity contribution in [3.63, 3.8) is 0 Å². The molecule has 15 heavy (non-hydrogen) atoms. The van der Waals surface area contributed by atoms with E-state index in [4.69, 9.17) is 9.47 Å². The summed E-state index contributed by atoms with van der Waals surface area (Å²) in [6, 6.07) is 0. The Balaban J connectivity index is 2.68. The molecular weight excluding hydrogens is 194 g/mol. The molecule has 0 spiro atoms. The minimum absolute atomic E-state index is 0.151. The summed E-state index contributed by atoms with van der Waals surface area (Å²) in [6.45, 7) is 4.30. The first kappa shape index (κ1) is 12.5. The molecule has 88 valence electrons. The SMILES string of the molecule is CCCNC1(C(=O)OC)CCCOCC1. The molecule has 1 saturated heterocycles. The molecule has 0 aliphatic carbocycles. The number of carbonyl (C=O) groups is 1. The van der Waals surface area contributed by atoms with E-state index in [1.165, 1.54) is 7.11 Å². The average molecular weight is 215 g/mol. The fourth-order valence-corrected chi connectivity index (χ4v) is 1.96. The monoisotopic (exact) mass is 215 g/mol. The minimum atomic E-state index is -0.513. The molecule has 0 amide bonds. The van der Waals surface area contributed by atoms with Crippen LogP contribution in [0.15, 0.2) is 0 Å². The molecule has 4 heteroatoms. The van der Waals surface area contributed by atoms with Crippen LogP contribution in [0.4, 0.5) is 0 Å². The Morgan fingerprint density at radius 3 is 2.93 bits per heavy atom. The third-order valence-corrected chi connectivity index (χ3v) is 2.85. The highest BCUT2D eigenvalue weighted by Gasteiger charge is 2.39. The van der Waals surface area contributed by atoms with E-state index in [1.807, 2.05) is 0 Å². The smallest absolute Gasteiger partial charge is 0.326 e. The van der Waals surface area contributed by atoms with Crippen molar-refractivity contribution in [3.8, 4) is 0 Å². The second-order valence-corrected chi connectivity index (χ2v) is 3.97. The van der Waals surface area contributed by atoms with Gasteiger partial charge in [0.1, 0.15) is 5.54 Å². The number of hydrogen-bond donors (Lipinski definition) is 1. The van der Waals surface area contributed by atoms with Gasteiger partial charge in [0.15, 0.2) is 0 Å². The van der Waals surface area contributed by atoms with Crippen molar-refractivity contribution < 1.29 is 14.3 Å². The summed E-state index contributed by atoms with van der Waals surface area (Å²) < 4.78 is 10.3. The van der Waals surface area contributed by atoms with Crippen LogP contribution in [-0.2, 0) is 14.3 Å². The topological polar surface area (TPSA) is 47.6 Å². The van der Waals surface area contributed by atoms with Gasteiger partial charge in [0, 0.05) is 13.2 Å². The molecule has 1 rings (SSSR count). The summed E-state index contributed by atoms with van der Waals surface area (Å²) in [5.74, 6) is -0.151. The van der Waals surface area contributed by atoms with Crippen LogP contribution >= 0.6 is 0 Å². The van der Waals surface area contributed by atoms with Gasteiger partial charge in [0.2, 0.25) is 0 Å². The zero-order chi connectivity index (χ0) is 11.1. The van der Waals surface area contributed by atoms with E-state index in [0.717, 1.165) is 32.4 Å². The lowest BCUT2D eigenvalue weighted by molar-refractivity contribution is -0.149. The van der Waals surface area contributed by atoms with Gasteiger partial charge in [-0.15, -0.1) is 0 Å². The standard InChI is InChI=1S/C11H21NO3/c1-3-7-12-11(10(13)14-2)5-4-8-15-9-6-11/h12H,3-9H2,1-2H3. The maximum absolute atomic E-state index is 11.8. The molecule has 0 radical (unpaired) electrons. The molecule has 1 aliphatic rings. The zero-order valence-corrected chi connectivity index (χ0v) is 9.67. The van der Waals surface area contributed by atoms with E-state index in [9.17, 15) is 4.79 Å². The van der Waals surface area contributed by atoms with Crippen molar-refractivity contribution >= 4 is 5.97 Å². The Morgan fingerprint density at radius 2 is 2.27 bits per heavy atom. The molecule has 0 saturated carbocycles. The first-order valence-electron chi connectivity index (χ1n) is 5.66. The molecule has 0 aromatic heterocycles. The normalized spacial score (nSPS) is 27.1. The van der Waals surface area contributed by atoms with E-state index < -0.39 is 5.54 Å². The molecule has 1 atom stereocenters.